The highest BCUT2D eigenvalue weighted by atomic mass is 19.1. The molecule has 0 aliphatic rings. The molecule has 2 rings (SSSR count). The predicted molar refractivity (Wildman–Crippen MR) is 78.0 cm³/mol. The minimum Gasteiger partial charge on any atom is -0.348 e. The van der Waals surface area contributed by atoms with Crippen molar-refractivity contribution in [2.24, 2.45) is 0 Å². The van der Waals surface area contributed by atoms with Crippen LogP contribution in [0.15, 0.2) is 48.5 Å². The van der Waals surface area contributed by atoms with Gasteiger partial charge in [-0.2, -0.15) is 0 Å². The molecule has 1 N–H and O–H groups in total. The number of nitrogens with one attached hydrogen (secondary N) is 1. The van der Waals surface area contributed by atoms with E-state index in [2.05, 4.69) is 12.2 Å². The van der Waals surface area contributed by atoms with Gasteiger partial charge in [-0.25, -0.2) is 4.39 Å². The van der Waals surface area contributed by atoms with Gasteiger partial charge in [0, 0.05) is 12.1 Å². The lowest BCUT2D eigenvalue weighted by atomic mass is 10.1. The van der Waals surface area contributed by atoms with E-state index in [-0.39, 0.29) is 11.7 Å². The lowest BCUT2D eigenvalue weighted by Gasteiger charge is -2.06. The van der Waals surface area contributed by atoms with Crippen molar-refractivity contribution in [2.75, 3.05) is 0 Å². The second-order valence-electron chi connectivity index (χ2n) is 4.76. The Bertz CT molecular complexity index is 561. The van der Waals surface area contributed by atoms with Crippen molar-refractivity contribution in [3.05, 3.63) is 71.0 Å². The Morgan fingerprint density at radius 1 is 1.00 bits per heavy atom. The number of rotatable bonds is 5. The molecule has 20 heavy (non-hydrogen) atoms. The Kier molecular flexibility index (Phi) is 4.88. The molecule has 0 fully saturated rings. The first kappa shape index (κ1) is 14.3. The predicted octanol–water partition coefficient (Wildman–Crippen LogP) is 3.71. The molecule has 0 unspecified atom stereocenters. The second-order valence-corrected chi connectivity index (χ2v) is 4.76. The van der Waals surface area contributed by atoms with E-state index in [4.69, 9.17) is 0 Å². The molecule has 0 atom stereocenters. The van der Waals surface area contributed by atoms with Crippen LogP contribution in [0.3, 0.4) is 0 Å². The normalized spacial score (nSPS) is 10.3. The summed E-state index contributed by atoms with van der Waals surface area (Å²) in [5.74, 6) is -0.385. The second kappa shape index (κ2) is 6.85. The van der Waals surface area contributed by atoms with Gasteiger partial charge in [0.1, 0.15) is 5.82 Å². The fraction of sp³-hybridized carbons (Fsp3) is 0.235. The Hall–Kier alpha value is -2.16. The molecule has 2 aromatic rings. The zero-order chi connectivity index (χ0) is 14.4. The summed E-state index contributed by atoms with van der Waals surface area (Å²) in [6.45, 7) is 2.53. The Balaban J connectivity index is 1.92. The Morgan fingerprint density at radius 2 is 1.60 bits per heavy atom. The van der Waals surface area contributed by atoms with Crippen LogP contribution in [-0.4, -0.2) is 5.91 Å². The maximum atomic E-state index is 12.8. The van der Waals surface area contributed by atoms with Gasteiger partial charge in [0.15, 0.2) is 0 Å². The maximum Gasteiger partial charge on any atom is 0.251 e. The van der Waals surface area contributed by atoms with Crippen molar-refractivity contribution in [3.8, 4) is 0 Å². The number of benzene rings is 2. The summed E-state index contributed by atoms with van der Waals surface area (Å²) in [5.41, 5.74) is 2.76. The number of halogens is 1. The van der Waals surface area contributed by atoms with Gasteiger partial charge in [0.25, 0.3) is 5.91 Å². The van der Waals surface area contributed by atoms with E-state index in [1.807, 2.05) is 24.3 Å². The van der Waals surface area contributed by atoms with Crippen LogP contribution in [0.4, 0.5) is 4.39 Å². The van der Waals surface area contributed by atoms with Gasteiger partial charge in [-0.15, -0.1) is 0 Å². The van der Waals surface area contributed by atoms with E-state index >= 15 is 0 Å². The SMILES string of the molecule is CCCc1ccc(C(=O)NCc2ccc(F)cc2)cc1. The molecule has 0 aliphatic carbocycles. The van der Waals surface area contributed by atoms with Gasteiger partial charge >= 0.3 is 0 Å². The molecule has 104 valence electrons. The highest BCUT2D eigenvalue weighted by Gasteiger charge is 2.05. The standard InChI is InChI=1S/C17H18FNO/c1-2-3-13-4-8-15(9-5-13)17(20)19-12-14-6-10-16(18)11-7-14/h4-11H,2-3,12H2,1H3,(H,19,20). The van der Waals surface area contributed by atoms with E-state index in [0.717, 1.165) is 18.4 Å². The first-order valence-corrected chi connectivity index (χ1v) is 6.80. The smallest absolute Gasteiger partial charge is 0.251 e. The highest BCUT2D eigenvalue weighted by Crippen LogP contribution is 2.07. The van der Waals surface area contributed by atoms with Gasteiger partial charge in [0.2, 0.25) is 0 Å². The summed E-state index contributed by atoms with van der Waals surface area (Å²) >= 11 is 0. The van der Waals surface area contributed by atoms with Crippen LogP contribution in [0.1, 0.15) is 34.8 Å². The molecule has 2 nitrogen and oxygen atoms in total. The molecule has 0 aliphatic heterocycles. The van der Waals surface area contributed by atoms with Crippen molar-refractivity contribution in [1.82, 2.24) is 5.32 Å². The van der Waals surface area contributed by atoms with E-state index in [9.17, 15) is 9.18 Å². The largest absolute Gasteiger partial charge is 0.348 e. The van der Waals surface area contributed by atoms with Crippen LogP contribution in [0.25, 0.3) is 0 Å². The van der Waals surface area contributed by atoms with Gasteiger partial charge in [-0.05, 0) is 41.8 Å². The number of hydrogen-bond donors (Lipinski definition) is 1. The molecule has 0 heterocycles. The van der Waals surface area contributed by atoms with Crippen molar-refractivity contribution in [2.45, 2.75) is 26.3 Å². The number of carbonyl (C=O) groups is 1. The van der Waals surface area contributed by atoms with Gasteiger partial charge in [-0.3, -0.25) is 4.79 Å². The maximum absolute atomic E-state index is 12.8. The molecule has 0 saturated heterocycles. The van der Waals surface area contributed by atoms with E-state index in [1.165, 1.54) is 17.7 Å². The van der Waals surface area contributed by atoms with E-state index < -0.39 is 0 Å². The summed E-state index contributed by atoms with van der Waals surface area (Å²) in [4.78, 5) is 12.0. The zero-order valence-corrected chi connectivity index (χ0v) is 11.5. The van der Waals surface area contributed by atoms with Crippen LogP contribution in [0.5, 0.6) is 0 Å². The summed E-state index contributed by atoms with van der Waals surface area (Å²) in [6.07, 6.45) is 2.12. The molecule has 0 saturated carbocycles. The Labute approximate surface area is 118 Å². The summed E-state index contributed by atoms with van der Waals surface area (Å²) in [7, 11) is 0. The average molecular weight is 271 g/mol. The Morgan fingerprint density at radius 3 is 2.20 bits per heavy atom. The van der Waals surface area contributed by atoms with Crippen LogP contribution >= 0.6 is 0 Å². The lowest BCUT2D eigenvalue weighted by Crippen LogP contribution is -2.22. The minimum absolute atomic E-state index is 0.114. The molecular weight excluding hydrogens is 253 g/mol. The minimum atomic E-state index is -0.272. The van der Waals surface area contributed by atoms with E-state index in [0.29, 0.717) is 12.1 Å². The van der Waals surface area contributed by atoms with Crippen molar-refractivity contribution < 1.29 is 9.18 Å². The van der Waals surface area contributed by atoms with Crippen molar-refractivity contribution in [1.29, 1.82) is 0 Å². The highest BCUT2D eigenvalue weighted by molar-refractivity contribution is 5.94. The molecule has 2 aromatic carbocycles. The van der Waals surface area contributed by atoms with Crippen LogP contribution in [0.2, 0.25) is 0 Å². The third-order valence-electron chi connectivity index (χ3n) is 3.12. The van der Waals surface area contributed by atoms with Crippen LogP contribution in [0, 0.1) is 5.82 Å². The van der Waals surface area contributed by atoms with Crippen LogP contribution < -0.4 is 5.32 Å². The molecule has 0 bridgehead atoms. The monoisotopic (exact) mass is 271 g/mol. The zero-order valence-electron chi connectivity index (χ0n) is 11.5. The third kappa shape index (κ3) is 3.92. The van der Waals surface area contributed by atoms with Gasteiger partial charge < -0.3 is 5.32 Å². The third-order valence-corrected chi connectivity index (χ3v) is 3.12. The molecule has 3 heteroatoms. The number of carbonyl (C=O) groups excluding carboxylic acids is 1. The molecule has 0 aromatic heterocycles. The van der Waals surface area contributed by atoms with Crippen LogP contribution in [-0.2, 0) is 13.0 Å². The summed E-state index contributed by atoms with van der Waals surface area (Å²) in [6, 6.07) is 13.8. The molecule has 1 amide bonds. The number of aryl methyl sites for hydroxylation is 1. The van der Waals surface area contributed by atoms with Crippen molar-refractivity contribution in [3.63, 3.8) is 0 Å². The lowest BCUT2D eigenvalue weighted by molar-refractivity contribution is 0.0951. The van der Waals surface area contributed by atoms with Gasteiger partial charge in [0.05, 0.1) is 0 Å². The molecule has 0 spiro atoms. The number of amides is 1. The van der Waals surface area contributed by atoms with Gasteiger partial charge in [-0.1, -0.05) is 37.6 Å². The summed E-state index contributed by atoms with van der Waals surface area (Å²) < 4.78 is 12.8. The average Bonchev–Trinajstić information content (AvgIpc) is 2.47. The summed E-state index contributed by atoms with van der Waals surface area (Å²) in [5, 5.41) is 2.82. The first-order chi connectivity index (χ1) is 9.69. The first-order valence-electron chi connectivity index (χ1n) is 6.80. The molecular formula is C17H18FNO. The van der Waals surface area contributed by atoms with E-state index in [1.54, 1.807) is 12.1 Å². The van der Waals surface area contributed by atoms with Crippen molar-refractivity contribution >= 4 is 5.91 Å². The topological polar surface area (TPSA) is 29.1 Å². The fourth-order valence-corrected chi connectivity index (χ4v) is 2.00. The fourth-order valence-electron chi connectivity index (χ4n) is 2.00. The number of hydrogen-bond acceptors (Lipinski definition) is 1. The molecule has 0 radical (unpaired) electrons. The quantitative estimate of drug-likeness (QED) is 0.882.